The van der Waals surface area contributed by atoms with Crippen LogP contribution in [0.15, 0.2) is 28.8 Å². The maximum atomic E-state index is 13.4. The Bertz CT molecular complexity index is 1270. The van der Waals surface area contributed by atoms with Crippen molar-refractivity contribution in [2.75, 3.05) is 25.6 Å². The van der Waals surface area contributed by atoms with Gasteiger partial charge in [0.25, 0.3) is 5.91 Å². The summed E-state index contributed by atoms with van der Waals surface area (Å²) in [6.07, 6.45) is 0.0125. The van der Waals surface area contributed by atoms with Gasteiger partial charge in [0, 0.05) is 17.0 Å². The summed E-state index contributed by atoms with van der Waals surface area (Å²) in [7, 11) is 1.28. The molecule has 0 unspecified atom stereocenters. The molecule has 0 spiro atoms. The number of aromatic nitrogens is 1. The molecule has 4 rings (SSSR count). The molecule has 0 radical (unpaired) electrons. The lowest BCUT2D eigenvalue weighted by atomic mass is 10.0. The monoisotopic (exact) mass is 503 g/mol. The van der Waals surface area contributed by atoms with Crippen molar-refractivity contribution in [2.45, 2.75) is 26.8 Å². The highest BCUT2D eigenvalue weighted by molar-refractivity contribution is 7.17. The number of amides is 2. The van der Waals surface area contributed by atoms with Crippen LogP contribution in [-0.4, -0.2) is 48.3 Å². The van der Waals surface area contributed by atoms with Crippen LogP contribution in [0.5, 0.6) is 0 Å². The van der Waals surface area contributed by atoms with Crippen LogP contribution in [0.25, 0.3) is 11.3 Å². The van der Waals surface area contributed by atoms with Crippen LogP contribution in [0.4, 0.5) is 9.80 Å². The third-order valence-electron chi connectivity index (χ3n) is 5.42. The first-order valence-electron chi connectivity index (χ1n) is 10.5. The average Bonchev–Trinajstić information content (AvgIpc) is 3.38. The van der Waals surface area contributed by atoms with E-state index in [4.69, 9.17) is 25.6 Å². The number of carbonyl (C=O) groups is 3. The van der Waals surface area contributed by atoms with Gasteiger partial charge in [-0.25, -0.2) is 9.59 Å². The van der Waals surface area contributed by atoms with Crippen molar-refractivity contribution in [3.8, 4) is 11.3 Å². The lowest BCUT2D eigenvalue weighted by Gasteiger charge is -2.26. The molecule has 11 heteroatoms. The summed E-state index contributed by atoms with van der Waals surface area (Å²) in [5.41, 5.74) is 2.10. The second-order valence-corrected chi connectivity index (χ2v) is 8.98. The molecule has 178 valence electrons. The largest absolute Gasteiger partial charge is 0.465 e. The molecule has 1 aromatic carbocycles. The first-order valence-corrected chi connectivity index (χ1v) is 11.7. The second-order valence-electron chi connectivity index (χ2n) is 7.47. The zero-order valence-corrected chi connectivity index (χ0v) is 20.3. The molecule has 1 aliphatic heterocycles. The fourth-order valence-corrected chi connectivity index (χ4v) is 5.29. The van der Waals surface area contributed by atoms with Crippen molar-refractivity contribution in [2.24, 2.45) is 0 Å². The van der Waals surface area contributed by atoms with Gasteiger partial charge < -0.3 is 24.2 Å². The van der Waals surface area contributed by atoms with Gasteiger partial charge in [-0.2, -0.15) is 0 Å². The number of esters is 1. The summed E-state index contributed by atoms with van der Waals surface area (Å²) in [5.74, 6) is -0.757. The molecule has 1 aliphatic rings. The number of carbonyl (C=O) groups excluding carboxylic acids is 3. The summed E-state index contributed by atoms with van der Waals surface area (Å²) in [6.45, 7) is 4.30. The van der Waals surface area contributed by atoms with Gasteiger partial charge in [0.2, 0.25) is 0 Å². The number of hydrogen-bond acceptors (Lipinski definition) is 8. The number of aryl methyl sites for hydroxylation is 1. The minimum absolute atomic E-state index is 0.212. The fourth-order valence-electron chi connectivity index (χ4n) is 3.82. The van der Waals surface area contributed by atoms with E-state index in [-0.39, 0.29) is 24.3 Å². The minimum Gasteiger partial charge on any atom is -0.465 e. The number of ether oxygens (including phenoxy) is 2. The van der Waals surface area contributed by atoms with Gasteiger partial charge >= 0.3 is 12.1 Å². The fraction of sp³-hybridized carbons (Fsp3) is 0.304. The van der Waals surface area contributed by atoms with Crippen molar-refractivity contribution in [1.29, 1.82) is 0 Å². The molecule has 0 saturated carbocycles. The van der Waals surface area contributed by atoms with E-state index in [0.717, 1.165) is 10.4 Å². The predicted octanol–water partition coefficient (Wildman–Crippen LogP) is 4.92. The van der Waals surface area contributed by atoms with E-state index in [0.29, 0.717) is 40.0 Å². The normalized spacial score (nSPS) is 12.8. The molecule has 1 N–H and O–H groups in total. The van der Waals surface area contributed by atoms with Crippen LogP contribution in [0.1, 0.15) is 43.8 Å². The molecule has 2 amide bonds. The molecule has 3 aromatic rings. The summed E-state index contributed by atoms with van der Waals surface area (Å²) in [6, 6.07) is 6.99. The number of thiophene rings is 1. The third-order valence-corrected chi connectivity index (χ3v) is 6.88. The van der Waals surface area contributed by atoms with Crippen molar-refractivity contribution >= 4 is 45.9 Å². The quantitative estimate of drug-likeness (QED) is 0.492. The van der Waals surface area contributed by atoms with Gasteiger partial charge in [-0.05, 0) is 31.9 Å². The minimum atomic E-state index is -0.564. The first kappa shape index (κ1) is 23.8. The van der Waals surface area contributed by atoms with Gasteiger partial charge in [0.1, 0.15) is 22.0 Å². The first-order chi connectivity index (χ1) is 16.3. The number of nitrogens with one attached hydrogen (secondary N) is 1. The van der Waals surface area contributed by atoms with Gasteiger partial charge in [0.05, 0.1) is 30.8 Å². The average molecular weight is 504 g/mol. The predicted molar refractivity (Wildman–Crippen MR) is 126 cm³/mol. The molecule has 0 bridgehead atoms. The van der Waals surface area contributed by atoms with Crippen LogP contribution in [0.2, 0.25) is 5.02 Å². The lowest BCUT2D eigenvalue weighted by molar-refractivity contribution is 0.0600. The van der Waals surface area contributed by atoms with E-state index >= 15 is 0 Å². The lowest BCUT2D eigenvalue weighted by Crippen LogP contribution is -2.36. The Balaban J connectivity index is 1.69. The Morgan fingerprint density at radius 3 is 2.74 bits per heavy atom. The smallest absolute Gasteiger partial charge is 0.410 e. The summed E-state index contributed by atoms with van der Waals surface area (Å²) in [5, 5.41) is 7.61. The highest BCUT2D eigenvalue weighted by Gasteiger charge is 2.32. The van der Waals surface area contributed by atoms with E-state index in [9.17, 15) is 14.4 Å². The van der Waals surface area contributed by atoms with E-state index in [1.807, 2.05) is 0 Å². The molecule has 0 fully saturated rings. The van der Waals surface area contributed by atoms with Crippen molar-refractivity contribution in [3.05, 3.63) is 56.6 Å². The molecule has 34 heavy (non-hydrogen) atoms. The highest BCUT2D eigenvalue weighted by Crippen LogP contribution is 2.39. The van der Waals surface area contributed by atoms with E-state index in [2.05, 4.69) is 10.5 Å². The zero-order valence-electron chi connectivity index (χ0n) is 18.8. The molecule has 3 heterocycles. The molecule has 9 nitrogen and oxygen atoms in total. The van der Waals surface area contributed by atoms with Crippen LogP contribution in [-0.2, 0) is 22.4 Å². The Hall–Kier alpha value is -3.37. The maximum absolute atomic E-state index is 13.4. The number of benzene rings is 1. The Morgan fingerprint density at radius 1 is 1.26 bits per heavy atom. The van der Waals surface area contributed by atoms with Crippen LogP contribution in [0.3, 0.4) is 0 Å². The summed E-state index contributed by atoms with van der Waals surface area (Å²) < 4.78 is 15.4. The maximum Gasteiger partial charge on any atom is 0.410 e. The number of methoxy groups -OCH3 is 1. The van der Waals surface area contributed by atoms with E-state index in [1.54, 1.807) is 43.0 Å². The Labute approximate surface area is 204 Å². The third kappa shape index (κ3) is 4.38. The number of anilines is 1. The number of halogens is 1. The SMILES string of the molecule is CCOC(=O)N1CCc2c(sc(NC(=O)c3c(-c4ccccc4Cl)noc3C)c2C(=O)OC)C1. The van der Waals surface area contributed by atoms with Crippen molar-refractivity contribution in [1.82, 2.24) is 10.1 Å². The summed E-state index contributed by atoms with van der Waals surface area (Å²) >= 11 is 7.53. The Kier molecular flexibility index (Phi) is 6.90. The van der Waals surface area contributed by atoms with E-state index < -0.39 is 18.0 Å². The van der Waals surface area contributed by atoms with Gasteiger partial charge in [-0.3, -0.25) is 4.79 Å². The highest BCUT2D eigenvalue weighted by atomic mass is 35.5. The number of fused-ring (bicyclic) bond motifs is 1. The number of hydrogen-bond donors (Lipinski definition) is 1. The zero-order chi connectivity index (χ0) is 24.4. The molecule has 0 saturated heterocycles. The second kappa shape index (κ2) is 9.86. The standard InChI is InChI=1S/C23H22ClN3O6S/c1-4-32-23(30)27-10-9-14-16(11-27)34-21(18(14)22(29)31-3)25-20(28)17-12(2)33-26-19(17)13-7-5-6-8-15(13)24/h5-8H,4,9-11H2,1-3H3,(H,25,28). The summed E-state index contributed by atoms with van der Waals surface area (Å²) in [4.78, 5) is 40.5. The van der Waals surface area contributed by atoms with Crippen LogP contribution < -0.4 is 5.32 Å². The topological polar surface area (TPSA) is 111 Å². The number of nitrogens with zero attached hydrogens (tertiary/aromatic N) is 2. The van der Waals surface area contributed by atoms with Crippen LogP contribution >= 0.6 is 22.9 Å². The van der Waals surface area contributed by atoms with Gasteiger partial charge in [-0.1, -0.05) is 35.0 Å². The molecular weight excluding hydrogens is 482 g/mol. The van der Waals surface area contributed by atoms with Crippen molar-refractivity contribution in [3.63, 3.8) is 0 Å². The molecular formula is C23H22ClN3O6S. The van der Waals surface area contributed by atoms with E-state index in [1.165, 1.54) is 18.4 Å². The van der Waals surface area contributed by atoms with Gasteiger partial charge in [0.15, 0.2) is 0 Å². The molecule has 0 aliphatic carbocycles. The molecule has 2 aromatic heterocycles. The number of rotatable bonds is 5. The van der Waals surface area contributed by atoms with Crippen molar-refractivity contribution < 1.29 is 28.4 Å². The Morgan fingerprint density at radius 2 is 2.03 bits per heavy atom. The van der Waals surface area contributed by atoms with Crippen LogP contribution in [0, 0.1) is 6.92 Å². The van der Waals surface area contributed by atoms with Gasteiger partial charge in [-0.15, -0.1) is 11.3 Å². The molecule has 0 atom stereocenters.